The topological polar surface area (TPSA) is 108 Å². The molecular formula is C32H41N5O4S. The zero-order valence-electron chi connectivity index (χ0n) is 24.9. The van der Waals surface area contributed by atoms with Crippen LogP contribution in [-0.4, -0.2) is 76.5 Å². The van der Waals surface area contributed by atoms with Gasteiger partial charge in [-0.15, -0.1) is 6.42 Å². The van der Waals surface area contributed by atoms with Crippen LogP contribution in [0.3, 0.4) is 0 Å². The summed E-state index contributed by atoms with van der Waals surface area (Å²) in [5, 5.41) is 9.13. The molecule has 0 unspecified atom stereocenters. The molecule has 2 aromatic rings. The normalized spacial score (nSPS) is 17.2. The van der Waals surface area contributed by atoms with Crippen LogP contribution in [-0.2, 0) is 14.8 Å². The molecule has 9 nitrogen and oxygen atoms in total. The summed E-state index contributed by atoms with van der Waals surface area (Å²) in [7, 11) is -2.20. The van der Waals surface area contributed by atoms with Crippen molar-refractivity contribution in [1.29, 1.82) is 0 Å². The van der Waals surface area contributed by atoms with Crippen molar-refractivity contribution in [3.63, 3.8) is 0 Å². The first kappa shape index (κ1) is 31.0. The van der Waals surface area contributed by atoms with Gasteiger partial charge >= 0.3 is 0 Å². The zero-order chi connectivity index (χ0) is 30.4. The summed E-state index contributed by atoms with van der Waals surface area (Å²) < 4.78 is 29.5. The number of hydrogen-bond donors (Lipinski definition) is 2. The van der Waals surface area contributed by atoms with Crippen molar-refractivity contribution < 1.29 is 17.9 Å². The van der Waals surface area contributed by atoms with Crippen molar-refractivity contribution >= 4 is 27.3 Å². The first-order valence-electron chi connectivity index (χ1n) is 14.2. The van der Waals surface area contributed by atoms with E-state index < -0.39 is 10.0 Å². The Labute approximate surface area is 250 Å². The van der Waals surface area contributed by atoms with Crippen LogP contribution in [0.2, 0.25) is 0 Å². The van der Waals surface area contributed by atoms with E-state index in [1.807, 2.05) is 35.8 Å². The van der Waals surface area contributed by atoms with E-state index in [1.54, 1.807) is 31.4 Å². The zero-order valence-corrected chi connectivity index (χ0v) is 25.7. The van der Waals surface area contributed by atoms with E-state index >= 15 is 0 Å². The third-order valence-electron chi connectivity index (χ3n) is 8.01. The maximum absolute atomic E-state index is 13.7. The van der Waals surface area contributed by atoms with Crippen molar-refractivity contribution in [2.45, 2.75) is 44.6 Å². The summed E-state index contributed by atoms with van der Waals surface area (Å²) in [4.78, 5) is 19.8. The van der Waals surface area contributed by atoms with E-state index in [4.69, 9.17) is 16.3 Å². The van der Waals surface area contributed by atoms with Gasteiger partial charge in [0.05, 0.1) is 18.6 Å². The van der Waals surface area contributed by atoms with Gasteiger partial charge in [-0.3, -0.25) is 4.79 Å². The molecule has 10 heteroatoms. The van der Waals surface area contributed by atoms with Crippen LogP contribution in [0.5, 0.6) is 0 Å². The second kappa shape index (κ2) is 13.4. The van der Waals surface area contributed by atoms with Gasteiger partial charge in [-0.2, -0.15) is 0 Å². The van der Waals surface area contributed by atoms with E-state index in [1.165, 1.54) is 6.07 Å². The number of rotatable bonds is 8. The van der Waals surface area contributed by atoms with E-state index in [-0.39, 0.29) is 16.8 Å². The number of piperidine rings is 1. The molecule has 2 fully saturated rings. The number of ether oxygens (including phenoxy) is 1. The van der Waals surface area contributed by atoms with Gasteiger partial charge in [0.1, 0.15) is 4.90 Å². The van der Waals surface area contributed by atoms with Crippen LogP contribution in [0.4, 0.5) is 11.4 Å². The van der Waals surface area contributed by atoms with Crippen molar-refractivity contribution in [1.82, 2.24) is 9.80 Å². The maximum Gasteiger partial charge on any atom is 0.254 e. The number of nitrogens with zero attached hydrogens (tertiary/aromatic N) is 3. The van der Waals surface area contributed by atoms with Gasteiger partial charge in [0.15, 0.2) is 0 Å². The molecule has 224 valence electrons. The summed E-state index contributed by atoms with van der Waals surface area (Å²) in [5.74, 6) is 3.42. The van der Waals surface area contributed by atoms with Gasteiger partial charge < -0.3 is 24.8 Å². The number of carbonyl (C=O) groups excluding carboxylic acids is 1. The highest BCUT2D eigenvalue weighted by Crippen LogP contribution is 2.28. The quantitative estimate of drug-likeness (QED) is 0.273. The van der Waals surface area contributed by atoms with E-state index in [2.05, 4.69) is 29.1 Å². The Hall–Kier alpha value is -3.94. The van der Waals surface area contributed by atoms with Gasteiger partial charge in [-0.1, -0.05) is 24.1 Å². The Kier molecular flexibility index (Phi) is 9.86. The van der Waals surface area contributed by atoms with E-state index in [0.717, 1.165) is 54.2 Å². The van der Waals surface area contributed by atoms with E-state index in [9.17, 15) is 13.2 Å². The number of allylic oxidation sites excluding steroid dienone is 3. The lowest BCUT2D eigenvalue weighted by atomic mass is 9.99. The number of sulfonamides is 1. The molecule has 2 aromatic carbocycles. The SMILES string of the molecule is C#C/C=C(\C=C(/C)OC)N1CCC(Nc2cc(C(=O)N3CCN(c4ccccc4S(N)(=O)=O)CC3)c(C)cc2C)CC1. The van der Waals surface area contributed by atoms with Crippen molar-refractivity contribution in [2.24, 2.45) is 5.14 Å². The second-order valence-corrected chi connectivity index (χ2v) is 12.4. The Morgan fingerprint density at radius 2 is 1.71 bits per heavy atom. The number of aryl methyl sites for hydroxylation is 2. The van der Waals surface area contributed by atoms with Crippen molar-refractivity contribution in [3.8, 4) is 12.3 Å². The lowest BCUT2D eigenvalue weighted by molar-refractivity contribution is 0.0746. The Morgan fingerprint density at radius 3 is 2.33 bits per heavy atom. The Balaban J connectivity index is 1.41. The van der Waals surface area contributed by atoms with Gasteiger partial charge in [0, 0.05) is 68.3 Å². The number of benzene rings is 2. The summed E-state index contributed by atoms with van der Waals surface area (Å²) >= 11 is 0. The fourth-order valence-electron chi connectivity index (χ4n) is 5.60. The van der Waals surface area contributed by atoms with Crippen LogP contribution in [0, 0.1) is 26.2 Å². The number of hydrogen-bond acceptors (Lipinski definition) is 7. The number of primary sulfonamides is 1. The third-order valence-corrected chi connectivity index (χ3v) is 8.96. The minimum Gasteiger partial charge on any atom is -0.501 e. The van der Waals surface area contributed by atoms with Crippen LogP contribution >= 0.6 is 0 Å². The minimum atomic E-state index is -3.85. The molecule has 2 aliphatic heterocycles. The van der Waals surface area contributed by atoms with Gasteiger partial charge in [0.25, 0.3) is 5.91 Å². The third kappa shape index (κ3) is 7.27. The molecule has 42 heavy (non-hydrogen) atoms. The predicted octanol–water partition coefficient (Wildman–Crippen LogP) is 3.86. The summed E-state index contributed by atoms with van der Waals surface area (Å²) in [5.41, 5.74) is 5.23. The van der Waals surface area contributed by atoms with Crippen molar-refractivity contribution in [3.05, 3.63) is 76.7 Å². The number of methoxy groups -OCH3 is 1. The molecule has 0 radical (unpaired) electrons. The molecule has 4 rings (SSSR count). The Morgan fingerprint density at radius 1 is 1.05 bits per heavy atom. The molecule has 2 saturated heterocycles. The van der Waals surface area contributed by atoms with E-state index in [0.29, 0.717) is 37.4 Å². The number of nitrogens with one attached hydrogen (secondary N) is 1. The number of likely N-dealkylation sites (tertiary alicyclic amines) is 1. The molecular weight excluding hydrogens is 550 g/mol. The molecule has 0 spiro atoms. The monoisotopic (exact) mass is 591 g/mol. The number of anilines is 2. The summed E-state index contributed by atoms with van der Waals surface area (Å²) in [6.07, 6.45) is 11.2. The average Bonchev–Trinajstić information content (AvgIpc) is 2.98. The molecule has 2 aliphatic rings. The highest BCUT2D eigenvalue weighted by Gasteiger charge is 2.27. The first-order valence-corrected chi connectivity index (χ1v) is 15.7. The highest BCUT2D eigenvalue weighted by molar-refractivity contribution is 7.89. The van der Waals surface area contributed by atoms with Gasteiger partial charge in [0.2, 0.25) is 10.0 Å². The largest absolute Gasteiger partial charge is 0.501 e. The molecule has 0 saturated carbocycles. The van der Waals surface area contributed by atoms with Crippen LogP contribution in [0.1, 0.15) is 41.3 Å². The predicted molar refractivity (Wildman–Crippen MR) is 168 cm³/mol. The lowest BCUT2D eigenvalue weighted by Crippen LogP contribution is -2.49. The first-order chi connectivity index (χ1) is 20.0. The number of para-hydroxylation sites is 1. The molecule has 0 bridgehead atoms. The van der Waals surface area contributed by atoms with Crippen LogP contribution < -0.4 is 15.4 Å². The fraction of sp³-hybridized carbons (Fsp3) is 0.406. The average molecular weight is 592 g/mol. The van der Waals surface area contributed by atoms with Gasteiger partial charge in [-0.05, 0) is 69.0 Å². The molecule has 0 aromatic heterocycles. The lowest BCUT2D eigenvalue weighted by Gasteiger charge is -2.37. The summed E-state index contributed by atoms with van der Waals surface area (Å²) in [6.45, 7) is 9.65. The minimum absolute atomic E-state index is 0.0193. The number of piperazine rings is 1. The van der Waals surface area contributed by atoms with Gasteiger partial charge in [-0.25, -0.2) is 13.6 Å². The van der Waals surface area contributed by atoms with Crippen molar-refractivity contribution in [2.75, 3.05) is 56.6 Å². The summed E-state index contributed by atoms with van der Waals surface area (Å²) in [6, 6.07) is 11.0. The Bertz CT molecular complexity index is 1510. The molecule has 3 N–H and O–H groups in total. The highest BCUT2D eigenvalue weighted by atomic mass is 32.2. The maximum atomic E-state index is 13.7. The number of amides is 1. The smallest absolute Gasteiger partial charge is 0.254 e. The van der Waals surface area contributed by atoms with Crippen LogP contribution in [0.25, 0.3) is 0 Å². The standard InChI is InChI=1S/C32H41N5O4S/c1-6-9-27(21-25(4)41-5)35-14-12-26(13-15-35)34-29-22-28(23(2)20-24(29)3)32(38)37-18-16-36(17-19-37)30-10-7-8-11-31(30)42(33,39)40/h1,7-11,20-22,26,34H,12-19H2,2-5H3,(H2,33,39,40)/b25-21+,27-9+. The molecule has 2 heterocycles. The number of terminal acetylenes is 1. The molecule has 1 amide bonds. The number of carbonyl (C=O) groups is 1. The molecule has 0 aliphatic carbocycles. The fourth-order valence-corrected chi connectivity index (χ4v) is 6.35. The van der Waals surface area contributed by atoms with Crippen LogP contribution in [0.15, 0.2) is 64.9 Å². The number of nitrogens with two attached hydrogens (primary N) is 1. The second-order valence-electron chi connectivity index (χ2n) is 10.9. The molecule has 0 atom stereocenters.